The fourth-order valence-corrected chi connectivity index (χ4v) is 3.38. The molecule has 0 bridgehead atoms. The van der Waals surface area contributed by atoms with E-state index in [4.69, 9.17) is 9.47 Å². The van der Waals surface area contributed by atoms with E-state index < -0.39 is 0 Å². The van der Waals surface area contributed by atoms with E-state index in [-0.39, 0.29) is 0 Å². The molecule has 0 spiro atoms. The summed E-state index contributed by atoms with van der Waals surface area (Å²) in [5, 5.41) is 0. The summed E-state index contributed by atoms with van der Waals surface area (Å²) in [6.07, 6.45) is 4.39. The number of hydrogen-bond acceptors (Lipinski definition) is 4. The summed E-state index contributed by atoms with van der Waals surface area (Å²) in [5.41, 5.74) is 0. The third-order valence-corrected chi connectivity index (χ3v) is 4.23. The topological polar surface area (TPSA) is 24.9 Å². The van der Waals surface area contributed by atoms with E-state index in [1.165, 1.54) is 45.4 Å². The fourth-order valence-electron chi connectivity index (χ4n) is 3.38. The molecule has 0 aromatic heterocycles. The molecule has 98 valence electrons. The molecule has 4 nitrogen and oxygen atoms in total. The van der Waals surface area contributed by atoms with E-state index in [1.54, 1.807) is 0 Å². The van der Waals surface area contributed by atoms with Crippen LogP contribution in [0.25, 0.3) is 0 Å². The fraction of sp³-hybridized carbons (Fsp3) is 1.00. The smallest absolute Gasteiger partial charge is 0.0936 e. The van der Waals surface area contributed by atoms with Gasteiger partial charge in [0.1, 0.15) is 0 Å². The van der Waals surface area contributed by atoms with Crippen molar-refractivity contribution in [1.29, 1.82) is 0 Å². The molecule has 0 amide bonds. The van der Waals surface area contributed by atoms with Gasteiger partial charge in [0.2, 0.25) is 0 Å². The van der Waals surface area contributed by atoms with Crippen LogP contribution in [0, 0.1) is 0 Å². The minimum absolute atomic E-state index is 0.303. The van der Waals surface area contributed by atoms with Crippen LogP contribution in [0.3, 0.4) is 0 Å². The Balaban J connectivity index is 1.52. The minimum Gasteiger partial charge on any atom is -0.376 e. The van der Waals surface area contributed by atoms with Gasteiger partial charge in [0.05, 0.1) is 25.9 Å². The summed E-state index contributed by atoms with van der Waals surface area (Å²) in [6.45, 7) is 8.47. The lowest BCUT2D eigenvalue weighted by Crippen LogP contribution is -2.43. The van der Waals surface area contributed by atoms with Crippen molar-refractivity contribution in [3.8, 4) is 0 Å². The molecule has 3 aliphatic rings. The molecule has 0 saturated carbocycles. The molecule has 2 atom stereocenters. The third-order valence-electron chi connectivity index (χ3n) is 4.23. The van der Waals surface area contributed by atoms with Crippen molar-refractivity contribution in [2.45, 2.75) is 31.4 Å². The first-order valence-corrected chi connectivity index (χ1v) is 7.07. The van der Waals surface area contributed by atoms with Crippen LogP contribution in [0.2, 0.25) is 0 Å². The van der Waals surface area contributed by atoms with Gasteiger partial charge in [0, 0.05) is 19.1 Å². The van der Waals surface area contributed by atoms with Gasteiger partial charge in [-0.05, 0) is 38.9 Å². The normalized spacial score (nSPS) is 36.7. The van der Waals surface area contributed by atoms with Gasteiger partial charge in [0.25, 0.3) is 0 Å². The molecular formula is C13H24N2O2. The third kappa shape index (κ3) is 2.99. The lowest BCUT2D eigenvalue weighted by molar-refractivity contribution is -0.0977. The van der Waals surface area contributed by atoms with Crippen LogP contribution in [0.5, 0.6) is 0 Å². The van der Waals surface area contributed by atoms with E-state index >= 15 is 0 Å². The maximum atomic E-state index is 5.75. The molecule has 2 unspecified atom stereocenters. The van der Waals surface area contributed by atoms with Crippen molar-refractivity contribution in [1.82, 2.24) is 9.80 Å². The summed E-state index contributed by atoms with van der Waals surface area (Å²) < 4.78 is 11.2. The summed E-state index contributed by atoms with van der Waals surface area (Å²) in [6, 6.07) is 0.807. The Morgan fingerprint density at radius 1 is 1.06 bits per heavy atom. The Labute approximate surface area is 104 Å². The molecule has 3 heterocycles. The summed E-state index contributed by atoms with van der Waals surface area (Å²) >= 11 is 0. The first kappa shape index (κ1) is 11.9. The Bertz CT molecular complexity index is 244. The maximum Gasteiger partial charge on any atom is 0.0936 e. The largest absolute Gasteiger partial charge is 0.376 e. The van der Waals surface area contributed by atoms with Gasteiger partial charge in [-0.1, -0.05) is 0 Å². The van der Waals surface area contributed by atoms with Crippen molar-refractivity contribution < 1.29 is 9.47 Å². The second kappa shape index (κ2) is 5.65. The summed E-state index contributed by atoms with van der Waals surface area (Å²) in [5.74, 6) is 0. The van der Waals surface area contributed by atoms with Crippen LogP contribution in [-0.4, -0.2) is 74.5 Å². The van der Waals surface area contributed by atoms with Crippen molar-refractivity contribution in [3.05, 3.63) is 0 Å². The SMILES string of the molecule is C1CC2CN(CC3COCCO3)CCCN2C1. The predicted octanol–water partition coefficient (Wildman–Crippen LogP) is 0.572. The van der Waals surface area contributed by atoms with E-state index in [0.29, 0.717) is 6.10 Å². The summed E-state index contributed by atoms with van der Waals surface area (Å²) in [4.78, 5) is 5.27. The molecule has 0 N–H and O–H groups in total. The number of nitrogens with zero attached hydrogens (tertiary/aromatic N) is 2. The quantitative estimate of drug-likeness (QED) is 0.704. The minimum atomic E-state index is 0.303. The Kier molecular flexibility index (Phi) is 3.96. The van der Waals surface area contributed by atoms with Crippen LogP contribution in [0.1, 0.15) is 19.3 Å². The predicted molar refractivity (Wildman–Crippen MR) is 66.2 cm³/mol. The second-order valence-corrected chi connectivity index (χ2v) is 5.51. The number of ether oxygens (including phenoxy) is 2. The molecular weight excluding hydrogens is 216 g/mol. The monoisotopic (exact) mass is 240 g/mol. The van der Waals surface area contributed by atoms with Crippen molar-refractivity contribution in [2.75, 3.05) is 52.5 Å². The van der Waals surface area contributed by atoms with E-state index in [2.05, 4.69) is 9.80 Å². The lowest BCUT2D eigenvalue weighted by Gasteiger charge is -2.30. The zero-order chi connectivity index (χ0) is 11.5. The molecule has 0 aliphatic carbocycles. The van der Waals surface area contributed by atoms with Crippen LogP contribution in [0.15, 0.2) is 0 Å². The van der Waals surface area contributed by atoms with Crippen LogP contribution in [-0.2, 0) is 9.47 Å². The molecule has 0 aromatic carbocycles. The highest BCUT2D eigenvalue weighted by Crippen LogP contribution is 2.21. The van der Waals surface area contributed by atoms with Gasteiger partial charge < -0.3 is 9.47 Å². The molecule has 17 heavy (non-hydrogen) atoms. The van der Waals surface area contributed by atoms with E-state index in [0.717, 1.165) is 32.4 Å². The van der Waals surface area contributed by atoms with Gasteiger partial charge in [-0.25, -0.2) is 0 Å². The highest BCUT2D eigenvalue weighted by atomic mass is 16.6. The van der Waals surface area contributed by atoms with E-state index in [1.807, 2.05) is 0 Å². The summed E-state index contributed by atoms with van der Waals surface area (Å²) in [7, 11) is 0. The average molecular weight is 240 g/mol. The molecule has 4 heteroatoms. The lowest BCUT2D eigenvalue weighted by atomic mass is 10.2. The molecule has 3 fully saturated rings. The van der Waals surface area contributed by atoms with Crippen molar-refractivity contribution >= 4 is 0 Å². The highest BCUT2D eigenvalue weighted by molar-refractivity contribution is 4.85. The number of rotatable bonds is 2. The zero-order valence-electron chi connectivity index (χ0n) is 10.6. The van der Waals surface area contributed by atoms with Crippen LogP contribution < -0.4 is 0 Å². The average Bonchev–Trinajstić information content (AvgIpc) is 2.70. The molecule has 0 radical (unpaired) electrons. The molecule has 3 saturated heterocycles. The van der Waals surface area contributed by atoms with Gasteiger partial charge >= 0.3 is 0 Å². The van der Waals surface area contributed by atoms with Gasteiger partial charge in [-0.3, -0.25) is 9.80 Å². The van der Waals surface area contributed by atoms with Crippen molar-refractivity contribution in [3.63, 3.8) is 0 Å². The van der Waals surface area contributed by atoms with Crippen LogP contribution >= 0.6 is 0 Å². The van der Waals surface area contributed by atoms with Gasteiger partial charge in [-0.2, -0.15) is 0 Å². The first-order valence-electron chi connectivity index (χ1n) is 7.07. The molecule has 0 aromatic rings. The molecule has 3 rings (SSSR count). The van der Waals surface area contributed by atoms with E-state index in [9.17, 15) is 0 Å². The Hall–Kier alpha value is -0.160. The van der Waals surface area contributed by atoms with Crippen molar-refractivity contribution in [2.24, 2.45) is 0 Å². The first-order chi connectivity index (χ1) is 8.42. The zero-order valence-corrected chi connectivity index (χ0v) is 10.6. The second-order valence-electron chi connectivity index (χ2n) is 5.51. The standard InChI is InChI=1S/C13H24N2O2/c1-3-12-9-14(4-2-6-15(12)5-1)10-13-11-16-7-8-17-13/h12-13H,1-11H2. The maximum absolute atomic E-state index is 5.75. The number of hydrogen-bond donors (Lipinski definition) is 0. The molecule has 3 aliphatic heterocycles. The van der Waals surface area contributed by atoms with Gasteiger partial charge in [-0.15, -0.1) is 0 Å². The number of fused-ring (bicyclic) bond motifs is 1. The Morgan fingerprint density at radius 3 is 2.88 bits per heavy atom. The van der Waals surface area contributed by atoms with Gasteiger partial charge in [0.15, 0.2) is 0 Å². The highest BCUT2D eigenvalue weighted by Gasteiger charge is 2.29. The van der Waals surface area contributed by atoms with Crippen LogP contribution in [0.4, 0.5) is 0 Å². The Morgan fingerprint density at radius 2 is 2.00 bits per heavy atom.